The van der Waals surface area contributed by atoms with Gasteiger partial charge in [0.2, 0.25) is 0 Å². The van der Waals surface area contributed by atoms with Crippen LogP contribution in [0.3, 0.4) is 0 Å². The molecule has 0 bridgehead atoms. The summed E-state index contributed by atoms with van der Waals surface area (Å²) in [5.74, 6) is 1.60. The quantitative estimate of drug-likeness (QED) is 0.0687. The van der Waals surface area contributed by atoms with Crippen LogP contribution in [0.15, 0.2) is 133 Å². The molecule has 5 nitrogen and oxygen atoms in total. The van der Waals surface area contributed by atoms with E-state index >= 15 is 0 Å². The lowest BCUT2D eigenvalue weighted by Crippen LogP contribution is -2.03. The van der Waals surface area contributed by atoms with Crippen molar-refractivity contribution in [1.29, 1.82) is 0 Å². The van der Waals surface area contributed by atoms with Crippen LogP contribution >= 0.6 is 0 Å². The van der Waals surface area contributed by atoms with E-state index in [4.69, 9.17) is 9.47 Å². The molecule has 54 heavy (non-hydrogen) atoms. The van der Waals surface area contributed by atoms with Crippen LogP contribution in [0, 0.1) is 0 Å². The highest BCUT2D eigenvalue weighted by Gasteiger charge is 2.11. The van der Waals surface area contributed by atoms with Crippen molar-refractivity contribution >= 4 is 49.4 Å². The van der Waals surface area contributed by atoms with E-state index in [1.165, 1.54) is 67.6 Å². The van der Waals surface area contributed by atoms with Crippen LogP contribution < -0.4 is 9.47 Å². The molecule has 8 aromatic rings. The maximum absolute atomic E-state index is 13.1. The molecule has 272 valence electrons. The fourth-order valence-corrected chi connectivity index (χ4v) is 7.78. The van der Waals surface area contributed by atoms with Crippen molar-refractivity contribution < 1.29 is 14.3 Å². The minimum Gasteiger partial charge on any atom is -0.494 e. The van der Waals surface area contributed by atoms with Crippen LogP contribution in [-0.4, -0.2) is 29.0 Å². The predicted molar refractivity (Wildman–Crippen MR) is 223 cm³/mol. The van der Waals surface area contributed by atoms with Crippen LogP contribution in [-0.2, 0) is 12.8 Å². The number of benzene rings is 6. The molecular formula is C49H48N2O3. The monoisotopic (exact) mass is 712 g/mol. The van der Waals surface area contributed by atoms with Crippen molar-refractivity contribution in [2.45, 2.75) is 64.2 Å². The SMILES string of the molecule is O=C(c1ccc(OCCCCCCc2cccc3c2[nH]c2ccccc23)cc1)c1ccc(OCCCCCCc2cccc3c2[nH]c2ccccc23)cc1. The molecule has 8 rings (SSSR count). The molecule has 0 aliphatic heterocycles. The third-order valence-corrected chi connectivity index (χ3v) is 10.7. The van der Waals surface area contributed by atoms with E-state index in [0.717, 1.165) is 62.9 Å². The van der Waals surface area contributed by atoms with Crippen molar-refractivity contribution in [3.8, 4) is 11.5 Å². The number of unbranched alkanes of at least 4 members (excludes halogenated alkanes) is 6. The number of nitrogens with one attached hydrogen (secondary N) is 2. The van der Waals surface area contributed by atoms with Gasteiger partial charge in [0.25, 0.3) is 0 Å². The Labute approximate surface area is 317 Å². The number of ether oxygens (including phenoxy) is 2. The fourth-order valence-electron chi connectivity index (χ4n) is 7.78. The number of hydrogen-bond acceptors (Lipinski definition) is 3. The Morgan fingerprint density at radius 1 is 0.407 bits per heavy atom. The van der Waals surface area contributed by atoms with Crippen LogP contribution in [0.25, 0.3) is 43.6 Å². The van der Waals surface area contributed by atoms with E-state index in [1.807, 2.05) is 48.5 Å². The molecule has 0 amide bonds. The zero-order valence-electron chi connectivity index (χ0n) is 30.9. The zero-order chi connectivity index (χ0) is 36.5. The number of hydrogen-bond donors (Lipinski definition) is 2. The second-order valence-corrected chi connectivity index (χ2v) is 14.4. The summed E-state index contributed by atoms with van der Waals surface area (Å²) >= 11 is 0. The van der Waals surface area contributed by atoms with E-state index in [2.05, 4.69) is 94.9 Å². The van der Waals surface area contributed by atoms with E-state index in [0.29, 0.717) is 24.3 Å². The molecule has 0 saturated carbocycles. The Morgan fingerprint density at radius 2 is 0.815 bits per heavy atom. The normalized spacial score (nSPS) is 11.6. The lowest BCUT2D eigenvalue weighted by atomic mass is 10.0. The predicted octanol–water partition coefficient (Wildman–Crippen LogP) is 12.6. The summed E-state index contributed by atoms with van der Waals surface area (Å²) in [6, 6.07) is 45.3. The summed E-state index contributed by atoms with van der Waals surface area (Å²) in [6.07, 6.45) is 11.1. The van der Waals surface area contributed by atoms with E-state index < -0.39 is 0 Å². The van der Waals surface area contributed by atoms with Gasteiger partial charge in [0.05, 0.1) is 13.2 Å². The van der Waals surface area contributed by atoms with Crippen molar-refractivity contribution in [2.24, 2.45) is 0 Å². The number of fused-ring (bicyclic) bond motifs is 6. The summed E-state index contributed by atoms with van der Waals surface area (Å²) in [6.45, 7) is 1.35. The van der Waals surface area contributed by atoms with Crippen LogP contribution in [0.4, 0.5) is 0 Å². The van der Waals surface area contributed by atoms with Crippen molar-refractivity contribution in [1.82, 2.24) is 9.97 Å². The Hall–Kier alpha value is -5.81. The molecule has 0 saturated heterocycles. The highest BCUT2D eigenvalue weighted by Crippen LogP contribution is 2.30. The van der Waals surface area contributed by atoms with Gasteiger partial charge in [0, 0.05) is 54.7 Å². The van der Waals surface area contributed by atoms with E-state index in [-0.39, 0.29) is 5.78 Å². The molecule has 2 aromatic heterocycles. The van der Waals surface area contributed by atoms with Gasteiger partial charge in [-0.15, -0.1) is 0 Å². The summed E-state index contributed by atoms with van der Waals surface area (Å²) in [7, 11) is 0. The number of aromatic nitrogens is 2. The number of ketones is 1. The van der Waals surface area contributed by atoms with Gasteiger partial charge in [-0.3, -0.25) is 4.79 Å². The van der Waals surface area contributed by atoms with Gasteiger partial charge in [0.15, 0.2) is 5.78 Å². The lowest BCUT2D eigenvalue weighted by molar-refractivity contribution is 0.103. The Balaban J connectivity index is 0.706. The Kier molecular flexibility index (Phi) is 11.0. The molecular weight excluding hydrogens is 665 g/mol. The molecule has 6 aromatic carbocycles. The topological polar surface area (TPSA) is 67.1 Å². The maximum Gasteiger partial charge on any atom is 0.193 e. The zero-order valence-corrected chi connectivity index (χ0v) is 30.9. The van der Waals surface area contributed by atoms with E-state index in [9.17, 15) is 4.79 Å². The highest BCUT2D eigenvalue weighted by atomic mass is 16.5. The van der Waals surface area contributed by atoms with Gasteiger partial charge < -0.3 is 19.4 Å². The highest BCUT2D eigenvalue weighted by molar-refractivity contribution is 6.10. The number of carbonyl (C=O) groups is 1. The maximum atomic E-state index is 13.1. The first-order chi connectivity index (χ1) is 26.7. The van der Waals surface area contributed by atoms with Crippen molar-refractivity contribution in [2.75, 3.05) is 13.2 Å². The summed E-state index contributed by atoms with van der Waals surface area (Å²) in [5, 5.41) is 5.21. The summed E-state index contributed by atoms with van der Waals surface area (Å²) in [4.78, 5) is 20.4. The van der Waals surface area contributed by atoms with Gasteiger partial charge in [0.1, 0.15) is 11.5 Å². The van der Waals surface area contributed by atoms with Crippen LogP contribution in [0.5, 0.6) is 11.5 Å². The number of aromatic amines is 2. The Bertz CT molecular complexity index is 2300. The van der Waals surface area contributed by atoms with Gasteiger partial charge >= 0.3 is 0 Å². The summed E-state index contributed by atoms with van der Waals surface area (Å²) in [5.41, 5.74) is 9.04. The fraction of sp³-hybridized carbons (Fsp3) is 0.245. The second-order valence-electron chi connectivity index (χ2n) is 14.4. The lowest BCUT2D eigenvalue weighted by Gasteiger charge is -2.09. The first-order valence-electron chi connectivity index (χ1n) is 19.7. The third kappa shape index (κ3) is 8.06. The molecule has 0 fully saturated rings. The number of carbonyl (C=O) groups excluding carboxylic acids is 1. The minimum absolute atomic E-state index is 0.000575. The average molecular weight is 713 g/mol. The molecule has 0 aliphatic rings. The number of para-hydroxylation sites is 4. The molecule has 0 spiro atoms. The van der Waals surface area contributed by atoms with Gasteiger partial charge in [-0.05, 0) is 110 Å². The van der Waals surface area contributed by atoms with Crippen LogP contribution in [0.1, 0.15) is 78.4 Å². The summed E-state index contributed by atoms with van der Waals surface area (Å²) < 4.78 is 12.0. The molecule has 2 heterocycles. The standard InChI is InChI=1S/C49H48N2O3/c52-49(37-25-29-39(30-26-37)53-33-11-3-1-5-15-35-17-13-21-43-41-19-7-9-23-45(41)50-47(35)43)38-27-31-40(32-28-38)54-34-12-4-2-6-16-36-18-14-22-44-42-20-8-10-24-46(42)51-48(36)44/h7-10,13-14,17-32,50-51H,1-6,11-12,15-16,33-34H2. The van der Waals surface area contributed by atoms with Gasteiger partial charge in [-0.1, -0.05) is 98.5 Å². The van der Waals surface area contributed by atoms with Crippen molar-refractivity contribution in [3.63, 3.8) is 0 Å². The number of rotatable bonds is 18. The molecule has 2 N–H and O–H groups in total. The number of H-pyrrole nitrogens is 2. The van der Waals surface area contributed by atoms with E-state index in [1.54, 1.807) is 0 Å². The van der Waals surface area contributed by atoms with Gasteiger partial charge in [-0.25, -0.2) is 0 Å². The first-order valence-corrected chi connectivity index (χ1v) is 19.7. The largest absolute Gasteiger partial charge is 0.494 e. The molecule has 0 aliphatic carbocycles. The third-order valence-electron chi connectivity index (χ3n) is 10.7. The first kappa shape index (κ1) is 35.2. The molecule has 0 atom stereocenters. The smallest absolute Gasteiger partial charge is 0.193 e. The second kappa shape index (κ2) is 16.9. The van der Waals surface area contributed by atoms with Gasteiger partial charge in [-0.2, -0.15) is 0 Å². The molecule has 0 radical (unpaired) electrons. The molecule has 0 unspecified atom stereocenters. The Morgan fingerprint density at radius 3 is 1.28 bits per heavy atom. The van der Waals surface area contributed by atoms with Crippen molar-refractivity contribution in [3.05, 3.63) is 156 Å². The molecule has 5 heteroatoms. The number of aryl methyl sites for hydroxylation is 2. The average Bonchev–Trinajstić information content (AvgIpc) is 3.80. The minimum atomic E-state index is -0.000575. The van der Waals surface area contributed by atoms with Crippen LogP contribution in [0.2, 0.25) is 0 Å².